The molecule has 1 saturated carbocycles. The van der Waals surface area contributed by atoms with Crippen molar-refractivity contribution >= 4 is 5.91 Å². The van der Waals surface area contributed by atoms with E-state index in [0.29, 0.717) is 30.6 Å². The molecule has 3 rings (SSSR count). The summed E-state index contributed by atoms with van der Waals surface area (Å²) < 4.78 is 13.0. The van der Waals surface area contributed by atoms with E-state index in [2.05, 4.69) is 11.8 Å². The number of rotatable bonds is 6. The van der Waals surface area contributed by atoms with Gasteiger partial charge in [-0.05, 0) is 49.3 Å². The van der Waals surface area contributed by atoms with E-state index in [1.54, 1.807) is 12.1 Å². The molecule has 1 saturated heterocycles. The molecule has 2 unspecified atom stereocenters. The number of nitrogens with zero attached hydrogens (tertiary/aromatic N) is 2. The number of benzene rings is 1. The van der Waals surface area contributed by atoms with Crippen LogP contribution in [0.4, 0.5) is 4.39 Å². The molecule has 1 amide bonds. The van der Waals surface area contributed by atoms with Crippen LogP contribution in [-0.2, 0) is 4.79 Å². The number of likely N-dealkylation sites (tertiary alicyclic amines) is 1. The summed E-state index contributed by atoms with van der Waals surface area (Å²) in [6.45, 7) is 4.68. The van der Waals surface area contributed by atoms with Crippen molar-refractivity contribution in [2.24, 2.45) is 5.92 Å². The molecular formula is C19H27FN2O2. The van der Waals surface area contributed by atoms with Crippen LogP contribution in [0.15, 0.2) is 24.3 Å². The van der Waals surface area contributed by atoms with Gasteiger partial charge in [-0.3, -0.25) is 9.69 Å². The normalized spacial score (nSPS) is 22.7. The molecule has 0 aromatic heterocycles. The summed E-state index contributed by atoms with van der Waals surface area (Å²) in [6, 6.07) is 6.34. The first-order valence-electron chi connectivity index (χ1n) is 8.98. The third-order valence-corrected chi connectivity index (χ3v) is 5.07. The second kappa shape index (κ2) is 7.62. The SMILES string of the molecule is CC1CCCN(C(=O)CN(CC(O)c2ccc(F)cc2)C2CC2)C1. The van der Waals surface area contributed by atoms with Crippen molar-refractivity contribution in [1.82, 2.24) is 9.80 Å². The van der Waals surface area contributed by atoms with Gasteiger partial charge in [0.1, 0.15) is 5.82 Å². The van der Waals surface area contributed by atoms with Gasteiger partial charge in [0, 0.05) is 25.7 Å². The number of carbonyl (C=O) groups excluding carboxylic acids is 1. The van der Waals surface area contributed by atoms with Gasteiger partial charge < -0.3 is 10.0 Å². The number of hydrogen-bond donors (Lipinski definition) is 1. The monoisotopic (exact) mass is 334 g/mol. The molecular weight excluding hydrogens is 307 g/mol. The maximum absolute atomic E-state index is 13.0. The van der Waals surface area contributed by atoms with Gasteiger partial charge in [-0.25, -0.2) is 4.39 Å². The summed E-state index contributed by atoms with van der Waals surface area (Å²) in [5, 5.41) is 10.4. The van der Waals surface area contributed by atoms with Gasteiger partial charge in [0.15, 0.2) is 0 Å². The molecule has 4 nitrogen and oxygen atoms in total. The van der Waals surface area contributed by atoms with E-state index >= 15 is 0 Å². The molecule has 132 valence electrons. The highest BCUT2D eigenvalue weighted by Crippen LogP contribution is 2.29. The minimum absolute atomic E-state index is 0.166. The molecule has 24 heavy (non-hydrogen) atoms. The van der Waals surface area contributed by atoms with Crippen LogP contribution in [0.25, 0.3) is 0 Å². The second-order valence-electron chi connectivity index (χ2n) is 7.32. The van der Waals surface area contributed by atoms with E-state index in [4.69, 9.17) is 0 Å². The van der Waals surface area contributed by atoms with Crippen LogP contribution in [0.5, 0.6) is 0 Å². The number of piperidine rings is 1. The summed E-state index contributed by atoms with van der Waals surface area (Å²) in [4.78, 5) is 16.7. The van der Waals surface area contributed by atoms with Crippen molar-refractivity contribution < 1.29 is 14.3 Å². The molecule has 2 fully saturated rings. The van der Waals surface area contributed by atoms with Gasteiger partial charge in [-0.15, -0.1) is 0 Å². The maximum Gasteiger partial charge on any atom is 0.236 e. The van der Waals surface area contributed by atoms with Gasteiger partial charge in [-0.2, -0.15) is 0 Å². The molecule has 1 aromatic carbocycles. The first-order valence-corrected chi connectivity index (χ1v) is 8.98. The highest BCUT2D eigenvalue weighted by molar-refractivity contribution is 5.78. The molecule has 1 N–H and O–H groups in total. The van der Waals surface area contributed by atoms with Crippen LogP contribution in [0.2, 0.25) is 0 Å². The highest BCUT2D eigenvalue weighted by Gasteiger charge is 2.33. The van der Waals surface area contributed by atoms with Gasteiger partial charge in [0.25, 0.3) is 0 Å². The third-order valence-electron chi connectivity index (χ3n) is 5.07. The Kier molecular flexibility index (Phi) is 5.51. The number of carbonyl (C=O) groups is 1. The fourth-order valence-corrected chi connectivity index (χ4v) is 3.48. The van der Waals surface area contributed by atoms with E-state index in [0.717, 1.165) is 32.4 Å². The Bertz CT molecular complexity index is 559. The van der Waals surface area contributed by atoms with Crippen LogP contribution in [-0.4, -0.2) is 53.0 Å². The second-order valence-corrected chi connectivity index (χ2v) is 7.32. The standard InChI is InChI=1S/C19H27FN2O2/c1-14-3-2-10-21(11-14)19(24)13-22(17-8-9-17)12-18(23)15-4-6-16(20)7-5-15/h4-7,14,17-18,23H,2-3,8-13H2,1H3. The smallest absolute Gasteiger partial charge is 0.236 e. The summed E-state index contributed by atoms with van der Waals surface area (Å²) in [5.74, 6) is 0.432. The summed E-state index contributed by atoms with van der Waals surface area (Å²) in [6.07, 6.45) is 3.74. The number of hydrogen-bond acceptors (Lipinski definition) is 3. The Hall–Kier alpha value is -1.46. The van der Waals surface area contributed by atoms with Crippen molar-refractivity contribution in [3.05, 3.63) is 35.6 Å². The van der Waals surface area contributed by atoms with Crippen molar-refractivity contribution in [2.45, 2.75) is 44.8 Å². The first kappa shape index (κ1) is 17.4. The molecule has 5 heteroatoms. The van der Waals surface area contributed by atoms with E-state index in [1.807, 2.05) is 4.90 Å². The van der Waals surface area contributed by atoms with Gasteiger partial charge in [0.05, 0.1) is 12.6 Å². The Morgan fingerprint density at radius 3 is 2.67 bits per heavy atom. The average molecular weight is 334 g/mol. The molecule has 2 atom stereocenters. The lowest BCUT2D eigenvalue weighted by molar-refractivity contribution is -0.134. The molecule has 0 radical (unpaired) electrons. The Morgan fingerprint density at radius 1 is 1.33 bits per heavy atom. The van der Waals surface area contributed by atoms with Gasteiger partial charge in [-0.1, -0.05) is 19.1 Å². The lowest BCUT2D eigenvalue weighted by atomic mass is 10.0. The van der Waals surface area contributed by atoms with Crippen LogP contribution in [0.3, 0.4) is 0 Å². The van der Waals surface area contributed by atoms with Crippen LogP contribution in [0.1, 0.15) is 44.3 Å². The lowest BCUT2D eigenvalue weighted by Crippen LogP contribution is -2.46. The average Bonchev–Trinajstić information content (AvgIpc) is 3.39. The highest BCUT2D eigenvalue weighted by atomic mass is 19.1. The molecule has 1 heterocycles. The number of amides is 1. The number of aliphatic hydroxyl groups excluding tert-OH is 1. The molecule has 2 aliphatic rings. The largest absolute Gasteiger partial charge is 0.387 e. The van der Waals surface area contributed by atoms with Crippen molar-refractivity contribution in [1.29, 1.82) is 0 Å². The minimum atomic E-state index is -0.695. The molecule has 1 aliphatic carbocycles. The van der Waals surface area contributed by atoms with Crippen molar-refractivity contribution in [3.63, 3.8) is 0 Å². The first-order chi connectivity index (χ1) is 11.5. The predicted octanol–water partition coefficient (Wildman–Crippen LogP) is 2.58. The topological polar surface area (TPSA) is 43.8 Å². The lowest BCUT2D eigenvalue weighted by Gasteiger charge is -2.33. The Labute approximate surface area is 143 Å². The summed E-state index contributed by atoms with van der Waals surface area (Å²) in [7, 11) is 0. The van der Waals surface area contributed by atoms with Gasteiger partial charge in [0.2, 0.25) is 5.91 Å². The van der Waals surface area contributed by atoms with E-state index < -0.39 is 6.10 Å². The third kappa shape index (κ3) is 4.54. The number of aliphatic hydroxyl groups is 1. The Balaban J connectivity index is 1.58. The number of halogens is 1. The molecule has 1 aliphatic heterocycles. The maximum atomic E-state index is 13.0. The van der Waals surface area contributed by atoms with Crippen LogP contribution < -0.4 is 0 Å². The quantitative estimate of drug-likeness (QED) is 0.870. The summed E-state index contributed by atoms with van der Waals surface area (Å²) in [5.41, 5.74) is 0.695. The van der Waals surface area contributed by atoms with Crippen molar-refractivity contribution in [3.8, 4) is 0 Å². The zero-order valence-electron chi connectivity index (χ0n) is 14.3. The minimum Gasteiger partial charge on any atom is -0.387 e. The molecule has 1 aromatic rings. The summed E-state index contributed by atoms with van der Waals surface area (Å²) >= 11 is 0. The fourth-order valence-electron chi connectivity index (χ4n) is 3.48. The van der Waals surface area contributed by atoms with E-state index in [-0.39, 0.29) is 11.7 Å². The fraction of sp³-hybridized carbons (Fsp3) is 0.632. The van der Waals surface area contributed by atoms with Crippen molar-refractivity contribution in [2.75, 3.05) is 26.2 Å². The van der Waals surface area contributed by atoms with E-state index in [9.17, 15) is 14.3 Å². The molecule has 0 bridgehead atoms. The van der Waals surface area contributed by atoms with Crippen LogP contribution >= 0.6 is 0 Å². The van der Waals surface area contributed by atoms with Crippen LogP contribution in [0, 0.1) is 11.7 Å². The zero-order valence-corrected chi connectivity index (χ0v) is 14.3. The van der Waals surface area contributed by atoms with Gasteiger partial charge >= 0.3 is 0 Å². The zero-order chi connectivity index (χ0) is 17.1. The predicted molar refractivity (Wildman–Crippen MR) is 90.9 cm³/mol. The van der Waals surface area contributed by atoms with E-state index in [1.165, 1.54) is 18.6 Å². The molecule has 0 spiro atoms. The Morgan fingerprint density at radius 2 is 2.04 bits per heavy atom.